The molecule has 80 valence electrons. The number of ether oxygens (including phenoxy) is 1. The zero-order valence-corrected chi connectivity index (χ0v) is 8.60. The van der Waals surface area contributed by atoms with Crippen LogP contribution in [0, 0.1) is 0 Å². The van der Waals surface area contributed by atoms with Gasteiger partial charge in [0, 0.05) is 18.6 Å². The lowest BCUT2D eigenvalue weighted by molar-refractivity contribution is -0.112. The van der Waals surface area contributed by atoms with Crippen LogP contribution >= 0.6 is 0 Å². The SMILES string of the molecule is CC(=O)C=Cc1cc(C2CCOC2)no1. The zero-order valence-electron chi connectivity index (χ0n) is 8.60. The first-order valence-electron chi connectivity index (χ1n) is 4.98. The maximum atomic E-state index is 10.7. The topological polar surface area (TPSA) is 52.3 Å². The van der Waals surface area contributed by atoms with Crippen LogP contribution in [-0.2, 0) is 9.53 Å². The van der Waals surface area contributed by atoms with E-state index in [1.54, 1.807) is 6.08 Å². The Hall–Kier alpha value is -1.42. The number of ketones is 1. The lowest BCUT2D eigenvalue weighted by atomic mass is 10.1. The van der Waals surface area contributed by atoms with Gasteiger partial charge >= 0.3 is 0 Å². The van der Waals surface area contributed by atoms with Crippen molar-refractivity contribution in [2.75, 3.05) is 13.2 Å². The van der Waals surface area contributed by atoms with E-state index < -0.39 is 0 Å². The highest BCUT2D eigenvalue weighted by atomic mass is 16.5. The minimum absolute atomic E-state index is 0.00264. The molecule has 1 fully saturated rings. The molecule has 0 bridgehead atoms. The van der Waals surface area contributed by atoms with Crippen LogP contribution in [-0.4, -0.2) is 24.2 Å². The van der Waals surface area contributed by atoms with Gasteiger partial charge in [-0.2, -0.15) is 0 Å². The van der Waals surface area contributed by atoms with E-state index in [-0.39, 0.29) is 5.78 Å². The monoisotopic (exact) mass is 207 g/mol. The highest BCUT2D eigenvalue weighted by molar-refractivity contribution is 5.91. The van der Waals surface area contributed by atoms with Crippen LogP contribution in [0.3, 0.4) is 0 Å². The Morgan fingerprint density at radius 2 is 2.53 bits per heavy atom. The van der Waals surface area contributed by atoms with Crippen molar-refractivity contribution in [3.8, 4) is 0 Å². The van der Waals surface area contributed by atoms with Gasteiger partial charge in [0.2, 0.25) is 0 Å². The molecule has 1 atom stereocenters. The molecule has 0 radical (unpaired) electrons. The molecule has 1 saturated heterocycles. The summed E-state index contributed by atoms with van der Waals surface area (Å²) < 4.78 is 10.3. The number of nitrogens with zero attached hydrogens (tertiary/aromatic N) is 1. The van der Waals surface area contributed by atoms with Crippen molar-refractivity contribution in [1.82, 2.24) is 5.16 Å². The van der Waals surface area contributed by atoms with Crippen LogP contribution in [0.15, 0.2) is 16.7 Å². The number of hydrogen-bond acceptors (Lipinski definition) is 4. The summed E-state index contributed by atoms with van der Waals surface area (Å²) in [5, 5.41) is 3.96. The predicted molar refractivity (Wildman–Crippen MR) is 54.4 cm³/mol. The fourth-order valence-corrected chi connectivity index (χ4v) is 1.54. The first-order chi connectivity index (χ1) is 7.25. The van der Waals surface area contributed by atoms with Crippen molar-refractivity contribution < 1.29 is 14.1 Å². The van der Waals surface area contributed by atoms with E-state index >= 15 is 0 Å². The second kappa shape index (κ2) is 4.40. The van der Waals surface area contributed by atoms with Crippen molar-refractivity contribution in [1.29, 1.82) is 0 Å². The summed E-state index contributed by atoms with van der Waals surface area (Å²) in [6.07, 6.45) is 4.09. The molecule has 0 N–H and O–H groups in total. The van der Waals surface area contributed by atoms with E-state index in [1.807, 2.05) is 6.07 Å². The molecule has 15 heavy (non-hydrogen) atoms. The van der Waals surface area contributed by atoms with Gasteiger partial charge < -0.3 is 9.26 Å². The van der Waals surface area contributed by atoms with Crippen LogP contribution < -0.4 is 0 Å². The van der Waals surface area contributed by atoms with Crippen LogP contribution in [0.4, 0.5) is 0 Å². The van der Waals surface area contributed by atoms with Crippen molar-refractivity contribution in [3.05, 3.63) is 23.6 Å². The average Bonchev–Trinajstić information content (AvgIpc) is 2.85. The predicted octanol–water partition coefficient (Wildman–Crippen LogP) is 1.78. The molecule has 4 heteroatoms. The van der Waals surface area contributed by atoms with Crippen LogP contribution in [0.2, 0.25) is 0 Å². The Kier molecular flexibility index (Phi) is 2.97. The second-order valence-corrected chi connectivity index (χ2v) is 3.66. The van der Waals surface area contributed by atoms with E-state index in [4.69, 9.17) is 9.26 Å². The summed E-state index contributed by atoms with van der Waals surface area (Å²) in [6.45, 7) is 3.00. The molecule has 2 rings (SSSR count). The van der Waals surface area contributed by atoms with Gasteiger partial charge in [-0.25, -0.2) is 0 Å². The highest BCUT2D eigenvalue weighted by Gasteiger charge is 2.20. The van der Waals surface area contributed by atoms with Gasteiger partial charge in [0.15, 0.2) is 11.5 Å². The minimum Gasteiger partial charge on any atom is -0.381 e. The second-order valence-electron chi connectivity index (χ2n) is 3.66. The molecule has 1 unspecified atom stereocenters. The molecule has 1 aromatic heterocycles. The lowest BCUT2D eigenvalue weighted by Gasteiger charge is -1.98. The van der Waals surface area contributed by atoms with Gasteiger partial charge in [0.05, 0.1) is 12.3 Å². The number of hydrogen-bond donors (Lipinski definition) is 0. The fourth-order valence-electron chi connectivity index (χ4n) is 1.54. The molecule has 0 amide bonds. The van der Waals surface area contributed by atoms with Crippen LogP contribution in [0.5, 0.6) is 0 Å². The standard InChI is InChI=1S/C11H13NO3/c1-8(13)2-3-10-6-11(12-15-10)9-4-5-14-7-9/h2-3,6,9H,4-5,7H2,1H3. The van der Waals surface area contributed by atoms with Gasteiger partial charge in [-0.1, -0.05) is 5.16 Å². The van der Waals surface area contributed by atoms with E-state index in [9.17, 15) is 4.79 Å². The maximum absolute atomic E-state index is 10.7. The van der Waals surface area contributed by atoms with E-state index in [0.717, 1.165) is 18.7 Å². The van der Waals surface area contributed by atoms with Gasteiger partial charge in [-0.15, -0.1) is 0 Å². The number of allylic oxidation sites excluding steroid dienone is 1. The molecule has 0 saturated carbocycles. The third-order valence-corrected chi connectivity index (χ3v) is 2.38. The van der Waals surface area contributed by atoms with Gasteiger partial charge in [-0.3, -0.25) is 4.79 Å². The molecule has 4 nitrogen and oxygen atoms in total. The molecule has 0 aromatic carbocycles. The minimum atomic E-state index is -0.00264. The normalized spacial score (nSPS) is 21.3. The zero-order chi connectivity index (χ0) is 10.7. The number of carbonyl (C=O) groups excluding carboxylic acids is 1. The van der Waals surface area contributed by atoms with Gasteiger partial charge in [0.1, 0.15) is 0 Å². The quantitative estimate of drug-likeness (QED) is 0.709. The third-order valence-electron chi connectivity index (χ3n) is 2.38. The van der Waals surface area contributed by atoms with E-state index in [0.29, 0.717) is 18.3 Å². The van der Waals surface area contributed by atoms with Gasteiger partial charge in [0.25, 0.3) is 0 Å². The average molecular weight is 207 g/mol. The van der Waals surface area contributed by atoms with Crippen molar-refractivity contribution in [3.63, 3.8) is 0 Å². The third kappa shape index (κ3) is 2.53. The highest BCUT2D eigenvalue weighted by Crippen LogP contribution is 2.24. The summed E-state index contributed by atoms with van der Waals surface area (Å²) in [4.78, 5) is 10.7. The Labute approximate surface area is 87.9 Å². The summed E-state index contributed by atoms with van der Waals surface area (Å²) in [6, 6.07) is 1.86. The van der Waals surface area contributed by atoms with Crippen LogP contribution in [0.25, 0.3) is 6.08 Å². The summed E-state index contributed by atoms with van der Waals surface area (Å²) in [5.41, 5.74) is 0.913. The largest absolute Gasteiger partial charge is 0.381 e. The molecular formula is C11H13NO3. The summed E-state index contributed by atoms with van der Waals surface area (Å²) >= 11 is 0. The molecular weight excluding hydrogens is 194 g/mol. The molecule has 1 aliphatic rings. The van der Waals surface area contributed by atoms with E-state index in [1.165, 1.54) is 13.0 Å². The smallest absolute Gasteiger partial charge is 0.160 e. The molecule has 0 aliphatic carbocycles. The lowest BCUT2D eigenvalue weighted by Crippen LogP contribution is -1.96. The Balaban J connectivity index is 2.06. The molecule has 1 aliphatic heterocycles. The number of aromatic nitrogens is 1. The molecule has 1 aromatic rings. The Morgan fingerprint density at radius 3 is 3.20 bits per heavy atom. The number of rotatable bonds is 3. The first kappa shape index (κ1) is 10.1. The van der Waals surface area contributed by atoms with Crippen molar-refractivity contribution >= 4 is 11.9 Å². The van der Waals surface area contributed by atoms with Crippen molar-refractivity contribution in [2.24, 2.45) is 0 Å². The Bertz CT molecular complexity index is 375. The maximum Gasteiger partial charge on any atom is 0.160 e. The summed E-state index contributed by atoms with van der Waals surface area (Å²) in [5.74, 6) is 0.956. The number of carbonyl (C=O) groups is 1. The van der Waals surface area contributed by atoms with E-state index in [2.05, 4.69) is 5.16 Å². The first-order valence-corrected chi connectivity index (χ1v) is 4.98. The van der Waals surface area contributed by atoms with Gasteiger partial charge in [-0.05, 0) is 25.5 Å². The fraction of sp³-hybridized carbons (Fsp3) is 0.455. The molecule has 0 spiro atoms. The van der Waals surface area contributed by atoms with Crippen LogP contribution in [0.1, 0.15) is 30.7 Å². The molecule has 2 heterocycles. The van der Waals surface area contributed by atoms with Crippen molar-refractivity contribution in [2.45, 2.75) is 19.3 Å². The Morgan fingerprint density at radius 1 is 1.67 bits per heavy atom. The summed E-state index contributed by atoms with van der Waals surface area (Å²) in [7, 11) is 0.